The number of rotatable bonds is 7. The van der Waals surface area contributed by atoms with Gasteiger partial charge in [-0.15, -0.1) is 11.3 Å². The van der Waals surface area contributed by atoms with E-state index in [0.29, 0.717) is 26.1 Å². The second-order valence-electron chi connectivity index (χ2n) is 5.30. The Bertz CT molecular complexity index is 475. The molecule has 0 aliphatic carbocycles. The molecule has 0 spiro atoms. The summed E-state index contributed by atoms with van der Waals surface area (Å²) >= 11 is 1.63. The molecule has 6 heteroatoms. The molecule has 0 aromatic carbocycles. The van der Waals surface area contributed by atoms with Crippen molar-refractivity contribution in [1.82, 2.24) is 9.80 Å². The van der Waals surface area contributed by atoms with E-state index in [0.717, 1.165) is 11.3 Å². The fourth-order valence-corrected chi connectivity index (χ4v) is 3.17. The van der Waals surface area contributed by atoms with E-state index >= 15 is 0 Å². The molecule has 1 aliphatic rings. The third kappa shape index (κ3) is 4.28. The molecule has 1 saturated heterocycles. The van der Waals surface area contributed by atoms with E-state index in [2.05, 4.69) is 0 Å². The lowest BCUT2D eigenvalue weighted by atomic mass is 10.2. The van der Waals surface area contributed by atoms with Crippen LogP contribution in [-0.2, 0) is 20.9 Å². The smallest absolute Gasteiger partial charge is 0.242 e. The van der Waals surface area contributed by atoms with Crippen LogP contribution in [0.1, 0.15) is 24.6 Å². The number of likely N-dealkylation sites (tertiary alicyclic amines) is 1. The van der Waals surface area contributed by atoms with Gasteiger partial charge in [-0.25, -0.2) is 0 Å². The molecule has 1 aromatic heterocycles. The topological polar surface area (TPSA) is 49.9 Å². The van der Waals surface area contributed by atoms with Crippen molar-refractivity contribution in [3.63, 3.8) is 0 Å². The zero-order chi connectivity index (χ0) is 15.2. The van der Waals surface area contributed by atoms with E-state index in [4.69, 9.17) is 4.74 Å². The highest BCUT2D eigenvalue weighted by atomic mass is 32.1. The molecule has 116 valence electrons. The highest BCUT2D eigenvalue weighted by Crippen LogP contribution is 2.18. The number of nitrogens with zero attached hydrogens (tertiary/aromatic N) is 2. The van der Waals surface area contributed by atoms with Crippen LogP contribution in [-0.4, -0.2) is 54.5 Å². The molecule has 0 N–H and O–H groups in total. The fourth-order valence-electron chi connectivity index (χ4n) is 2.45. The molecule has 0 unspecified atom stereocenters. The number of carbonyl (C=O) groups excluding carboxylic acids is 2. The van der Waals surface area contributed by atoms with Gasteiger partial charge in [0.15, 0.2) is 0 Å². The first-order valence-electron chi connectivity index (χ1n) is 7.20. The van der Waals surface area contributed by atoms with Crippen LogP contribution in [0.25, 0.3) is 0 Å². The standard InChI is InChI=1S/C15H22N2O3S/c1-12-5-6-14(18)17(12)11-15(19)16(7-8-20-2)10-13-4-3-9-21-13/h3-4,9,12H,5-8,10-11H2,1-2H3/t12-/m1/s1. The second-order valence-corrected chi connectivity index (χ2v) is 6.33. The van der Waals surface area contributed by atoms with Crippen LogP contribution >= 0.6 is 11.3 Å². The maximum atomic E-state index is 12.5. The summed E-state index contributed by atoms with van der Waals surface area (Å²) in [6.07, 6.45) is 1.40. The molecule has 5 nitrogen and oxygen atoms in total. The van der Waals surface area contributed by atoms with Crippen molar-refractivity contribution in [3.8, 4) is 0 Å². The van der Waals surface area contributed by atoms with E-state index in [1.165, 1.54) is 0 Å². The molecule has 0 radical (unpaired) electrons. The predicted octanol–water partition coefficient (Wildman–Crippen LogP) is 1.73. The first-order chi connectivity index (χ1) is 10.1. The Morgan fingerprint density at radius 2 is 2.38 bits per heavy atom. The minimum atomic E-state index is -0.0115. The highest BCUT2D eigenvalue weighted by Gasteiger charge is 2.30. The molecule has 2 heterocycles. The maximum Gasteiger partial charge on any atom is 0.242 e. The summed E-state index contributed by atoms with van der Waals surface area (Å²) in [5.41, 5.74) is 0. The Labute approximate surface area is 129 Å². The van der Waals surface area contributed by atoms with Crippen LogP contribution in [0.15, 0.2) is 17.5 Å². The third-order valence-electron chi connectivity index (χ3n) is 3.78. The Morgan fingerprint density at radius 1 is 1.57 bits per heavy atom. The summed E-state index contributed by atoms with van der Waals surface area (Å²) in [7, 11) is 1.62. The number of ether oxygens (including phenoxy) is 1. The zero-order valence-corrected chi connectivity index (χ0v) is 13.4. The van der Waals surface area contributed by atoms with Gasteiger partial charge in [0.2, 0.25) is 11.8 Å². The molecule has 1 aromatic rings. The van der Waals surface area contributed by atoms with Crippen molar-refractivity contribution < 1.29 is 14.3 Å². The van der Waals surface area contributed by atoms with Crippen LogP contribution < -0.4 is 0 Å². The fraction of sp³-hybridized carbons (Fsp3) is 0.600. The average molecular weight is 310 g/mol. The summed E-state index contributed by atoms with van der Waals surface area (Å²) in [5.74, 6) is 0.0706. The number of amides is 2. The molecule has 2 amide bonds. The summed E-state index contributed by atoms with van der Waals surface area (Å²) < 4.78 is 5.08. The van der Waals surface area contributed by atoms with E-state index < -0.39 is 0 Å². The lowest BCUT2D eigenvalue weighted by Gasteiger charge is -2.27. The minimum Gasteiger partial charge on any atom is -0.383 e. The van der Waals surface area contributed by atoms with Crippen LogP contribution in [0.3, 0.4) is 0 Å². The van der Waals surface area contributed by atoms with Crippen LogP contribution in [0.5, 0.6) is 0 Å². The van der Waals surface area contributed by atoms with Gasteiger partial charge < -0.3 is 14.5 Å². The van der Waals surface area contributed by atoms with E-state index in [-0.39, 0.29) is 24.4 Å². The van der Waals surface area contributed by atoms with Crippen molar-refractivity contribution in [2.45, 2.75) is 32.4 Å². The van der Waals surface area contributed by atoms with Gasteiger partial charge in [0.25, 0.3) is 0 Å². The molecular formula is C15H22N2O3S. The molecule has 21 heavy (non-hydrogen) atoms. The number of hydrogen-bond donors (Lipinski definition) is 0. The third-order valence-corrected chi connectivity index (χ3v) is 4.64. The zero-order valence-electron chi connectivity index (χ0n) is 12.6. The maximum absolute atomic E-state index is 12.5. The lowest BCUT2D eigenvalue weighted by Crippen LogP contribution is -2.43. The van der Waals surface area contributed by atoms with E-state index in [9.17, 15) is 9.59 Å². The monoisotopic (exact) mass is 310 g/mol. The number of methoxy groups -OCH3 is 1. The van der Waals surface area contributed by atoms with Crippen molar-refractivity contribution in [3.05, 3.63) is 22.4 Å². The predicted molar refractivity (Wildman–Crippen MR) is 82.0 cm³/mol. The number of hydrogen-bond acceptors (Lipinski definition) is 4. The van der Waals surface area contributed by atoms with Crippen LogP contribution in [0, 0.1) is 0 Å². The van der Waals surface area contributed by atoms with Gasteiger partial charge in [0.05, 0.1) is 13.2 Å². The van der Waals surface area contributed by atoms with Crippen molar-refractivity contribution in [2.24, 2.45) is 0 Å². The summed E-state index contributed by atoms with van der Waals surface area (Å²) in [4.78, 5) is 28.9. The Kier molecular flexibility index (Phi) is 5.76. The van der Waals surface area contributed by atoms with Crippen LogP contribution in [0.4, 0.5) is 0 Å². The first kappa shape index (κ1) is 16.0. The molecule has 0 bridgehead atoms. The lowest BCUT2D eigenvalue weighted by molar-refractivity contribution is -0.140. The largest absolute Gasteiger partial charge is 0.383 e. The normalized spacial score (nSPS) is 18.3. The van der Waals surface area contributed by atoms with Gasteiger partial charge in [-0.1, -0.05) is 6.07 Å². The van der Waals surface area contributed by atoms with Crippen molar-refractivity contribution >= 4 is 23.2 Å². The Hall–Kier alpha value is -1.40. The quantitative estimate of drug-likeness (QED) is 0.771. The molecule has 1 fully saturated rings. The van der Waals surface area contributed by atoms with Gasteiger partial charge >= 0.3 is 0 Å². The average Bonchev–Trinajstić information content (AvgIpc) is 3.08. The Morgan fingerprint density at radius 3 is 2.95 bits per heavy atom. The van der Waals surface area contributed by atoms with Gasteiger partial charge in [-0.2, -0.15) is 0 Å². The van der Waals surface area contributed by atoms with Crippen molar-refractivity contribution in [1.29, 1.82) is 0 Å². The Balaban J connectivity index is 1.98. The molecule has 2 rings (SSSR count). The summed E-state index contributed by atoms with van der Waals surface area (Å²) in [5, 5.41) is 2.00. The SMILES string of the molecule is COCCN(Cc1cccs1)C(=O)CN1C(=O)CC[C@H]1C. The second kappa shape index (κ2) is 7.56. The molecular weight excluding hydrogens is 288 g/mol. The van der Waals surface area contributed by atoms with Crippen LogP contribution in [0.2, 0.25) is 0 Å². The number of thiophene rings is 1. The summed E-state index contributed by atoms with van der Waals surface area (Å²) in [6.45, 7) is 3.80. The molecule has 0 saturated carbocycles. The van der Waals surface area contributed by atoms with Gasteiger partial charge in [-0.05, 0) is 24.8 Å². The summed E-state index contributed by atoms with van der Waals surface area (Å²) in [6, 6.07) is 4.15. The van der Waals surface area contributed by atoms with E-state index in [1.807, 2.05) is 24.4 Å². The van der Waals surface area contributed by atoms with Gasteiger partial charge in [-0.3, -0.25) is 9.59 Å². The first-order valence-corrected chi connectivity index (χ1v) is 8.08. The minimum absolute atomic E-state index is 0.0115. The molecule has 1 aliphatic heterocycles. The van der Waals surface area contributed by atoms with Crippen molar-refractivity contribution in [2.75, 3.05) is 26.8 Å². The van der Waals surface area contributed by atoms with Gasteiger partial charge in [0.1, 0.15) is 6.54 Å². The number of carbonyl (C=O) groups is 2. The van der Waals surface area contributed by atoms with Gasteiger partial charge in [0, 0.05) is 31.0 Å². The van der Waals surface area contributed by atoms with E-state index in [1.54, 1.807) is 28.2 Å². The molecule has 1 atom stereocenters. The highest BCUT2D eigenvalue weighted by molar-refractivity contribution is 7.09.